The summed E-state index contributed by atoms with van der Waals surface area (Å²) in [4.78, 5) is 7.59. The number of para-hydroxylation sites is 1. The number of rotatable bonds is 1. The number of hydrogen-bond acceptors (Lipinski definition) is 1. The van der Waals surface area contributed by atoms with Crippen LogP contribution in [0.5, 0.6) is 0 Å². The quantitative estimate of drug-likeness (QED) is 0.758. The van der Waals surface area contributed by atoms with Gasteiger partial charge in [-0.15, -0.1) is 0 Å². The molecule has 0 saturated heterocycles. The Labute approximate surface area is 87.5 Å². The molecule has 0 radical (unpaired) electrons. The van der Waals surface area contributed by atoms with Gasteiger partial charge in [-0.2, -0.15) is 0 Å². The van der Waals surface area contributed by atoms with Crippen molar-refractivity contribution in [1.82, 2.24) is 9.97 Å². The van der Waals surface area contributed by atoms with Gasteiger partial charge in [0.2, 0.25) is 0 Å². The van der Waals surface area contributed by atoms with Gasteiger partial charge in [-0.05, 0) is 25.0 Å². The van der Waals surface area contributed by atoms with Gasteiger partial charge in [0.1, 0.15) is 11.3 Å². The maximum Gasteiger partial charge on any atom is 0.151 e. The van der Waals surface area contributed by atoms with Crippen LogP contribution in [0.25, 0.3) is 11.0 Å². The van der Waals surface area contributed by atoms with Crippen molar-refractivity contribution < 1.29 is 4.39 Å². The molecule has 78 valence electrons. The van der Waals surface area contributed by atoms with E-state index in [1.165, 1.54) is 31.7 Å². The van der Waals surface area contributed by atoms with Crippen LogP contribution in [0.2, 0.25) is 0 Å². The number of benzene rings is 1. The number of imidazole rings is 1. The Morgan fingerprint density at radius 1 is 1.27 bits per heavy atom. The lowest BCUT2D eigenvalue weighted by Gasteiger charge is -2.02. The molecule has 1 aromatic heterocycles. The van der Waals surface area contributed by atoms with Crippen molar-refractivity contribution in [3.8, 4) is 0 Å². The summed E-state index contributed by atoms with van der Waals surface area (Å²) in [5.41, 5.74) is 1.30. The Kier molecular flexibility index (Phi) is 1.97. The van der Waals surface area contributed by atoms with Gasteiger partial charge in [-0.25, -0.2) is 9.37 Å². The average Bonchev–Trinajstić information content (AvgIpc) is 2.86. The predicted molar refractivity (Wildman–Crippen MR) is 57.3 cm³/mol. The Morgan fingerprint density at radius 2 is 2.07 bits per heavy atom. The molecule has 0 atom stereocenters. The number of halogens is 1. The lowest BCUT2D eigenvalue weighted by atomic mass is 10.1. The first-order valence-corrected chi connectivity index (χ1v) is 5.49. The van der Waals surface area contributed by atoms with E-state index >= 15 is 0 Å². The molecule has 2 aromatic rings. The molecule has 1 N–H and O–H groups in total. The number of hydrogen-bond donors (Lipinski definition) is 1. The van der Waals surface area contributed by atoms with Crippen LogP contribution in [0.1, 0.15) is 37.4 Å². The molecule has 1 aliphatic carbocycles. The highest BCUT2D eigenvalue weighted by Crippen LogP contribution is 2.33. The minimum atomic E-state index is -0.229. The minimum Gasteiger partial charge on any atom is -0.342 e. The molecule has 0 amide bonds. The number of nitrogens with one attached hydrogen (secondary N) is 1. The summed E-state index contributed by atoms with van der Waals surface area (Å²) in [5.74, 6) is 1.25. The molecule has 0 unspecified atom stereocenters. The maximum absolute atomic E-state index is 13.4. The summed E-state index contributed by atoms with van der Waals surface area (Å²) in [6, 6.07) is 5.06. The molecule has 0 spiro atoms. The van der Waals surface area contributed by atoms with E-state index in [1.807, 2.05) is 6.07 Å². The Hall–Kier alpha value is -1.38. The van der Waals surface area contributed by atoms with E-state index < -0.39 is 0 Å². The highest BCUT2D eigenvalue weighted by atomic mass is 19.1. The summed E-state index contributed by atoms with van der Waals surface area (Å²) in [6.45, 7) is 0. The fourth-order valence-corrected chi connectivity index (χ4v) is 2.41. The third kappa shape index (κ3) is 1.42. The first-order valence-electron chi connectivity index (χ1n) is 5.49. The monoisotopic (exact) mass is 204 g/mol. The van der Waals surface area contributed by atoms with Crippen molar-refractivity contribution in [2.24, 2.45) is 0 Å². The third-order valence-electron chi connectivity index (χ3n) is 3.22. The van der Waals surface area contributed by atoms with Crippen LogP contribution < -0.4 is 0 Å². The zero-order chi connectivity index (χ0) is 10.3. The van der Waals surface area contributed by atoms with Crippen LogP contribution in [0.3, 0.4) is 0 Å². The molecule has 3 rings (SSSR count). The van der Waals surface area contributed by atoms with E-state index in [0.717, 1.165) is 11.3 Å². The zero-order valence-electron chi connectivity index (χ0n) is 8.46. The predicted octanol–water partition coefficient (Wildman–Crippen LogP) is 3.36. The van der Waals surface area contributed by atoms with Crippen LogP contribution in [0.15, 0.2) is 18.2 Å². The molecular formula is C12H13FN2. The summed E-state index contributed by atoms with van der Waals surface area (Å²) in [5, 5.41) is 0. The van der Waals surface area contributed by atoms with Gasteiger partial charge >= 0.3 is 0 Å². The standard InChI is InChI=1S/C12H13FN2/c13-9-6-3-7-10-11(9)15-12(14-10)8-4-1-2-5-8/h3,6-8H,1-2,4-5H2,(H,14,15). The molecule has 1 aliphatic rings. The van der Waals surface area contributed by atoms with Gasteiger partial charge in [0.05, 0.1) is 5.52 Å². The van der Waals surface area contributed by atoms with Gasteiger partial charge in [-0.1, -0.05) is 18.9 Å². The average molecular weight is 204 g/mol. The van der Waals surface area contributed by atoms with Crippen molar-refractivity contribution in [2.75, 3.05) is 0 Å². The van der Waals surface area contributed by atoms with Crippen LogP contribution in [0.4, 0.5) is 4.39 Å². The first-order chi connectivity index (χ1) is 7.34. The van der Waals surface area contributed by atoms with Crippen LogP contribution in [0, 0.1) is 5.82 Å². The van der Waals surface area contributed by atoms with Gasteiger partial charge in [0.15, 0.2) is 5.82 Å². The second-order valence-corrected chi connectivity index (χ2v) is 4.24. The van der Waals surface area contributed by atoms with Crippen LogP contribution >= 0.6 is 0 Å². The molecule has 3 heteroatoms. The third-order valence-corrected chi connectivity index (χ3v) is 3.22. The molecule has 1 saturated carbocycles. The molecule has 1 heterocycles. The van der Waals surface area contributed by atoms with E-state index in [-0.39, 0.29) is 5.82 Å². The van der Waals surface area contributed by atoms with Crippen molar-refractivity contribution in [1.29, 1.82) is 0 Å². The van der Waals surface area contributed by atoms with E-state index in [4.69, 9.17) is 0 Å². The number of fused-ring (bicyclic) bond motifs is 1. The van der Waals surface area contributed by atoms with Gasteiger partial charge < -0.3 is 4.98 Å². The highest BCUT2D eigenvalue weighted by molar-refractivity contribution is 5.75. The lowest BCUT2D eigenvalue weighted by Crippen LogP contribution is -1.94. The molecule has 2 nitrogen and oxygen atoms in total. The SMILES string of the molecule is Fc1cccc2[nH]c(C3CCCC3)nc12. The summed E-state index contributed by atoms with van der Waals surface area (Å²) in [6.07, 6.45) is 4.90. The zero-order valence-corrected chi connectivity index (χ0v) is 8.46. The Bertz CT molecular complexity index is 483. The van der Waals surface area contributed by atoms with Gasteiger partial charge in [-0.3, -0.25) is 0 Å². The van der Waals surface area contributed by atoms with Crippen molar-refractivity contribution in [3.05, 3.63) is 29.8 Å². The largest absolute Gasteiger partial charge is 0.342 e. The smallest absolute Gasteiger partial charge is 0.151 e. The maximum atomic E-state index is 13.4. The highest BCUT2D eigenvalue weighted by Gasteiger charge is 2.20. The molecule has 15 heavy (non-hydrogen) atoms. The second kappa shape index (κ2) is 3.33. The fraction of sp³-hybridized carbons (Fsp3) is 0.417. The Balaban J connectivity index is 2.09. The molecule has 1 fully saturated rings. The van der Waals surface area contributed by atoms with Gasteiger partial charge in [0, 0.05) is 5.92 Å². The van der Waals surface area contributed by atoms with Crippen molar-refractivity contribution in [3.63, 3.8) is 0 Å². The molecular weight excluding hydrogens is 191 g/mol. The van der Waals surface area contributed by atoms with Crippen molar-refractivity contribution >= 4 is 11.0 Å². The molecule has 0 aliphatic heterocycles. The number of aromatic amines is 1. The van der Waals surface area contributed by atoms with E-state index in [1.54, 1.807) is 6.07 Å². The van der Waals surface area contributed by atoms with Crippen molar-refractivity contribution in [2.45, 2.75) is 31.6 Å². The number of H-pyrrole nitrogens is 1. The fourth-order valence-electron chi connectivity index (χ4n) is 2.41. The van der Waals surface area contributed by atoms with E-state index in [2.05, 4.69) is 9.97 Å². The number of nitrogens with zero attached hydrogens (tertiary/aromatic N) is 1. The minimum absolute atomic E-state index is 0.229. The van der Waals surface area contributed by atoms with Gasteiger partial charge in [0.25, 0.3) is 0 Å². The van der Waals surface area contributed by atoms with Crippen LogP contribution in [-0.2, 0) is 0 Å². The summed E-state index contributed by atoms with van der Waals surface area (Å²) in [7, 11) is 0. The topological polar surface area (TPSA) is 28.7 Å². The first kappa shape index (κ1) is 8.89. The number of aromatic nitrogens is 2. The Morgan fingerprint density at radius 3 is 2.80 bits per heavy atom. The van der Waals surface area contributed by atoms with E-state index in [9.17, 15) is 4.39 Å². The lowest BCUT2D eigenvalue weighted by molar-refractivity contribution is 0.635. The van der Waals surface area contributed by atoms with Crippen LogP contribution in [-0.4, -0.2) is 9.97 Å². The second-order valence-electron chi connectivity index (χ2n) is 4.24. The normalized spacial score (nSPS) is 17.7. The molecule has 0 bridgehead atoms. The summed E-state index contributed by atoms with van der Waals surface area (Å²) < 4.78 is 13.4. The molecule has 1 aromatic carbocycles. The van der Waals surface area contributed by atoms with E-state index in [0.29, 0.717) is 11.4 Å². The summed E-state index contributed by atoms with van der Waals surface area (Å²) >= 11 is 0.